The summed E-state index contributed by atoms with van der Waals surface area (Å²) in [6, 6.07) is 1.92. The van der Waals surface area contributed by atoms with Crippen molar-refractivity contribution in [2.75, 3.05) is 13.1 Å². The van der Waals surface area contributed by atoms with E-state index in [4.69, 9.17) is 9.52 Å². The highest BCUT2D eigenvalue weighted by Crippen LogP contribution is 2.27. The van der Waals surface area contributed by atoms with Crippen molar-refractivity contribution in [1.29, 1.82) is 0 Å². The lowest BCUT2D eigenvalue weighted by molar-refractivity contribution is -0.125. The highest BCUT2D eigenvalue weighted by Gasteiger charge is 2.33. The van der Waals surface area contributed by atoms with Crippen LogP contribution in [0.15, 0.2) is 10.5 Å². The maximum absolute atomic E-state index is 11.4. The van der Waals surface area contributed by atoms with Crippen molar-refractivity contribution in [1.82, 2.24) is 10.2 Å². The number of nitrogens with one attached hydrogen (secondary N) is 1. The van der Waals surface area contributed by atoms with Gasteiger partial charge in [0.2, 0.25) is 5.91 Å². The Morgan fingerprint density at radius 1 is 1.52 bits per heavy atom. The van der Waals surface area contributed by atoms with Crippen molar-refractivity contribution in [2.45, 2.75) is 38.8 Å². The van der Waals surface area contributed by atoms with Gasteiger partial charge >= 0.3 is 5.97 Å². The number of fused-ring (bicyclic) bond motifs is 1. The quantitative estimate of drug-likeness (QED) is 0.879. The average Bonchev–Trinajstić information content (AvgIpc) is 2.80. The number of carboxylic acids is 1. The number of carbonyl (C=O) groups excluding carboxylic acids is 1. The number of hydrogen-bond donors (Lipinski definition) is 2. The van der Waals surface area contributed by atoms with Crippen molar-refractivity contribution in [3.63, 3.8) is 0 Å². The van der Waals surface area contributed by atoms with Crippen LogP contribution in [-0.2, 0) is 11.3 Å². The standard InChI is InChI=1S/C15H20N2O4/c1-9-12(15(19)20)6-11(21-9)8-17-5-4-13-10(7-17)2-3-14(18)16-13/h6,10,13H,2-5,7-8H2,1H3,(H,16,18)(H,19,20). The number of carbonyl (C=O) groups is 2. The van der Waals surface area contributed by atoms with E-state index in [1.165, 1.54) is 0 Å². The summed E-state index contributed by atoms with van der Waals surface area (Å²) >= 11 is 0. The number of aromatic carboxylic acids is 1. The Hall–Kier alpha value is -1.82. The van der Waals surface area contributed by atoms with Gasteiger partial charge in [-0.3, -0.25) is 9.69 Å². The molecular weight excluding hydrogens is 272 g/mol. The summed E-state index contributed by atoms with van der Waals surface area (Å²) in [5.74, 6) is 0.862. The fraction of sp³-hybridized carbons (Fsp3) is 0.600. The Bertz CT molecular complexity index is 566. The average molecular weight is 292 g/mol. The maximum Gasteiger partial charge on any atom is 0.339 e. The van der Waals surface area contributed by atoms with Crippen molar-refractivity contribution in [2.24, 2.45) is 5.92 Å². The first-order valence-corrected chi connectivity index (χ1v) is 7.37. The summed E-state index contributed by atoms with van der Waals surface area (Å²) < 4.78 is 5.54. The predicted octanol–water partition coefficient (Wildman–Crippen LogP) is 1.39. The molecule has 1 amide bonds. The summed E-state index contributed by atoms with van der Waals surface area (Å²) in [7, 11) is 0. The molecule has 2 atom stereocenters. The molecule has 1 aromatic heterocycles. The summed E-state index contributed by atoms with van der Waals surface area (Å²) in [6.07, 6.45) is 2.49. The zero-order valence-corrected chi connectivity index (χ0v) is 12.1. The zero-order valence-electron chi connectivity index (χ0n) is 12.1. The van der Waals surface area contributed by atoms with Crippen LogP contribution in [0.25, 0.3) is 0 Å². The molecule has 0 aliphatic carbocycles. The molecule has 0 aromatic carbocycles. The number of amides is 1. The second-order valence-corrected chi connectivity index (χ2v) is 5.98. The molecule has 2 unspecified atom stereocenters. The van der Waals surface area contributed by atoms with E-state index in [1.807, 2.05) is 0 Å². The summed E-state index contributed by atoms with van der Waals surface area (Å²) in [4.78, 5) is 24.7. The molecule has 1 aromatic rings. The van der Waals surface area contributed by atoms with E-state index in [0.29, 0.717) is 36.4 Å². The Labute approximate surface area is 123 Å². The van der Waals surface area contributed by atoms with Gasteiger partial charge < -0.3 is 14.8 Å². The zero-order chi connectivity index (χ0) is 15.0. The smallest absolute Gasteiger partial charge is 0.339 e. The molecular formula is C15H20N2O4. The molecule has 2 N–H and O–H groups in total. The lowest BCUT2D eigenvalue weighted by Crippen LogP contribution is -2.53. The van der Waals surface area contributed by atoms with Crippen LogP contribution < -0.4 is 5.32 Å². The SMILES string of the molecule is Cc1oc(CN2CCC3NC(=O)CCC3C2)cc1C(=O)O. The third-order valence-electron chi connectivity index (χ3n) is 4.49. The van der Waals surface area contributed by atoms with Gasteiger partial charge in [0.25, 0.3) is 0 Å². The molecule has 2 aliphatic rings. The Morgan fingerprint density at radius 2 is 2.33 bits per heavy atom. The molecule has 6 nitrogen and oxygen atoms in total. The molecule has 0 radical (unpaired) electrons. The van der Waals surface area contributed by atoms with Crippen molar-refractivity contribution < 1.29 is 19.1 Å². The number of nitrogens with zero attached hydrogens (tertiary/aromatic N) is 1. The predicted molar refractivity (Wildman–Crippen MR) is 75.0 cm³/mol. The fourth-order valence-electron chi connectivity index (χ4n) is 3.38. The number of carboxylic acid groups (broad SMARTS) is 1. The van der Waals surface area contributed by atoms with E-state index in [2.05, 4.69) is 10.2 Å². The van der Waals surface area contributed by atoms with Gasteiger partial charge in [0, 0.05) is 25.6 Å². The molecule has 2 saturated heterocycles. The van der Waals surface area contributed by atoms with Crippen LogP contribution in [0, 0.1) is 12.8 Å². The minimum Gasteiger partial charge on any atom is -0.478 e. The van der Waals surface area contributed by atoms with E-state index in [-0.39, 0.29) is 11.5 Å². The first-order chi connectivity index (χ1) is 10.0. The fourth-order valence-corrected chi connectivity index (χ4v) is 3.38. The van der Waals surface area contributed by atoms with E-state index < -0.39 is 5.97 Å². The monoisotopic (exact) mass is 292 g/mol. The van der Waals surface area contributed by atoms with E-state index in [9.17, 15) is 9.59 Å². The lowest BCUT2D eigenvalue weighted by Gasteiger charge is -2.41. The number of piperidine rings is 2. The molecule has 0 spiro atoms. The van der Waals surface area contributed by atoms with Gasteiger partial charge in [0.05, 0.1) is 6.54 Å². The van der Waals surface area contributed by atoms with Gasteiger partial charge in [-0.1, -0.05) is 0 Å². The van der Waals surface area contributed by atoms with Crippen molar-refractivity contribution in [3.05, 3.63) is 23.2 Å². The third kappa shape index (κ3) is 2.95. The molecule has 0 saturated carbocycles. The van der Waals surface area contributed by atoms with Crippen molar-refractivity contribution in [3.8, 4) is 0 Å². The normalized spacial score (nSPS) is 26.2. The molecule has 3 heterocycles. The molecule has 114 valence electrons. The highest BCUT2D eigenvalue weighted by molar-refractivity contribution is 5.88. The van der Waals surface area contributed by atoms with Crippen LogP contribution in [0.2, 0.25) is 0 Å². The second kappa shape index (κ2) is 5.52. The van der Waals surface area contributed by atoms with Crippen molar-refractivity contribution >= 4 is 11.9 Å². The number of likely N-dealkylation sites (tertiary alicyclic amines) is 1. The van der Waals surface area contributed by atoms with Gasteiger partial charge in [-0.2, -0.15) is 0 Å². The van der Waals surface area contributed by atoms with Gasteiger partial charge in [-0.25, -0.2) is 4.79 Å². The molecule has 2 aliphatic heterocycles. The first-order valence-electron chi connectivity index (χ1n) is 7.37. The second-order valence-electron chi connectivity index (χ2n) is 5.98. The minimum atomic E-state index is -0.948. The van der Waals surface area contributed by atoms with Crippen LogP contribution >= 0.6 is 0 Å². The first kappa shape index (κ1) is 14.1. The van der Waals surface area contributed by atoms with Crippen LogP contribution in [-0.4, -0.2) is 41.0 Å². The molecule has 0 bridgehead atoms. The number of hydrogen-bond acceptors (Lipinski definition) is 4. The molecule has 3 rings (SSSR count). The Morgan fingerprint density at radius 3 is 3.05 bits per heavy atom. The van der Waals surface area contributed by atoms with Crippen LogP contribution in [0.1, 0.15) is 41.1 Å². The van der Waals surface area contributed by atoms with Gasteiger partial charge in [-0.05, 0) is 31.7 Å². The van der Waals surface area contributed by atoms with Crippen LogP contribution in [0.3, 0.4) is 0 Å². The molecule has 21 heavy (non-hydrogen) atoms. The number of aryl methyl sites for hydroxylation is 1. The number of furan rings is 1. The van der Waals surface area contributed by atoms with Gasteiger partial charge in [0.1, 0.15) is 17.1 Å². The van der Waals surface area contributed by atoms with E-state index >= 15 is 0 Å². The lowest BCUT2D eigenvalue weighted by atomic mass is 9.85. The Balaban J connectivity index is 1.63. The minimum absolute atomic E-state index is 0.164. The molecule has 6 heteroatoms. The topological polar surface area (TPSA) is 82.8 Å². The van der Waals surface area contributed by atoms with Gasteiger partial charge in [0.15, 0.2) is 0 Å². The Kier molecular flexibility index (Phi) is 3.71. The van der Waals surface area contributed by atoms with E-state index in [1.54, 1.807) is 13.0 Å². The third-order valence-corrected chi connectivity index (χ3v) is 4.49. The van der Waals surface area contributed by atoms with Crippen LogP contribution in [0.4, 0.5) is 0 Å². The summed E-state index contributed by atoms with van der Waals surface area (Å²) in [5.41, 5.74) is 0.241. The highest BCUT2D eigenvalue weighted by atomic mass is 16.4. The van der Waals surface area contributed by atoms with Crippen LogP contribution in [0.5, 0.6) is 0 Å². The molecule has 2 fully saturated rings. The van der Waals surface area contributed by atoms with E-state index in [0.717, 1.165) is 25.9 Å². The van der Waals surface area contributed by atoms with Gasteiger partial charge in [-0.15, -0.1) is 0 Å². The maximum atomic E-state index is 11.4. The summed E-state index contributed by atoms with van der Waals surface area (Å²) in [6.45, 7) is 4.12. The number of rotatable bonds is 3. The largest absolute Gasteiger partial charge is 0.478 e. The summed E-state index contributed by atoms with van der Waals surface area (Å²) in [5, 5.41) is 12.1.